The van der Waals surface area contributed by atoms with E-state index in [-0.39, 0.29) is 17.3 Å². The molecule has 0 aliphatic carbocycles. The first-order chi connectivity index (χ1) is 16.8. The molecule has 8 nitrogen and oxygen atoms in total. The van der Waals surface area contributed by atoms with Crippen LogP contribution >= 0.6 is 11.6 Å². The number of anilines is 1. The molecule has 3 aromatic carbocycles. The first-order valence-electron chi connectivity index (χ1n) is 10.9. The van der Waals surface area contributed by atoms with Crippen molar-refractivity contribution in [2.75, 3.05) is 25.0 Å². The number of carbonyl (C=O) groups excluding carboxylic acids is 2. The monoisotopic (exact) mass is 513 g/mol. The van der Waals surface area contributed by atoms with Gasteiger partial charge in [0.2, 0.25) is 15.9 Å². The number of halogens is 1. The number of benzene rings is 3. The molecule has 1 atom stereocenters. The van der Waals surface area contributed by atoms with E-state index >= 15 is 0 Å². The standard InChI is InChI=1S/C25H24ClN3O5S/c1-28(35(32,33)20-13-11-19(26)12-14-20)17-24(30)29-16-23(34-22-10-6-5-9-21(22)29)25(31)27-15-18-7-3-2-4-8-18/h2-14,23H,15-17H2,1H3,(H,27,31)/t23-/m0/s1. The molecule has 0 saturated heterocycles. The van der Waals surface area contributed by atoms with Gasteiger partial charge in [0.15, 0.2) is 6.10 Å². The minimum atomic E-state index is -3.92. The summed E-state index contributed by atoms with van der Waals surface area (Å²) in [7, 11) is -2.59. The highest BCUT2D eigenvalue weighted by Gasteiger charge is 2.35. The number of fused-ring (bicyclic) bond motifs is 1. The second-order valence-electron chi connectivity index (χ2n) is 8.00. The number of rotatable bonds is 7. The van der Waals surface area contributed by atoms with Gasteiger partial charge in [0.25, 0.3) is 5.91 Å². The van der Waals surface area contributed by atoms with E-state index in [4.69, 9.17) is 16.3 Å². The normalized spacial score (nSPS) is 15.3. The number of hydrogen-bond donors (Lipinski definition) is 1. The van der Waals surface area contributed by atoms with Crippen LogP contribution in [0, 0.1) is 0 Å². The fourth-order valence-corrected chi connectivity index (χ4v) is 4.90. The van der Waals surface area contributed by atoms with Gasteiger partial charge < -0.3 is 15.0 Å². The maximum atomic E-state index is 13.3. The Labute approximate surface area is 209 Å². The molecule has 10 heteroatoms. The van der Waals surface area contributed by atoms with Crippen LogP contribution in [0.5, 0.6) is 5.75 Å². The Morgan fingerprint density at radius 3 is 2.40 bits per heavy atom. The molecule has 0 fully saturated rings. The molecule has 1 heterocycles. The van der Waals surface area contributed by atoms with Crippen molar-refractivity contribution >= 4 is 39.1 Å². The number of hydrogen-bond acceptors (Lipinski definition) is 5. The predicted octanol–water partition coefficient (Wildman–Crippen LogP) is 3.07. The number of likely N-dealkylation sites (N-methyl/N-ethyl adjacent to an activating group) is 1. The lowest BCUT2D eigenvalue weighted by molar-refractivity contribution is -0.128. The quantitative estimate of drug-likeness (QED) is 0.524. The number of carbonyl (C=O) groups is 2. The summed E-state index contributed by atoms with van der Waals surface area (Å²) >= 11 is 5.86. The van der Waals surface area contributed by atoms with E-state index in [1.54, 1.807) is 24.3 Å². The molecule has 0 saturated carbocycles. The van der Waals surface area contributed by atoms with Crippen LogP contribution in [-0.4, -0.2) is 50.8 Å². The van der Waals surface area contributed by atoms with E-state index < -0.39 is 28.6 Å². The second-order valence-corrected chi connectivity index (χ2v) is 10.5. The topological polar surface area (TPSA) is 96.0 Å². The molecule has 35 heavy (non-hydrogen) atoms. The minimum Gasteiger partial charge on any atom is -0.477 e. The lowest BCUT2D eigenvalue weighted by Crippen LogP contribution is -2.52. The van der Waals surface area contributed by atoms with Gasteiger partial charge in [-0.1, -0.05) is 54.1 Å². The van der Waals surface area contributed by atoms with E-state index in [0.29, 0.717) is 23.0 Å². The molecule has 0 bridgehead atoms. The van der Waals surface area contributed by atoms with Crippen molar-refractivity contribution in [2.24, 2.45) is 0 Å². The molecule has 182 valence electrons. The molecule has 0 spiro atoms. The summed E-state index contributed by atoms with van der Waals surface area (Å²) in [6, 6.07) is 22.0. The third-order valence-electron chi connectivity index (χ3n) is 5.56. The van der Waals surface area contributed by atoms with Crippen molar-refractivity contribution in [3.63, 3.8) is 0 Å². The van der Waals surface area contributed by atoms with Crippen molar-refractivity contribution in [2.45, 2.75) is 17.5 Å². The maximum absolute atomic E-state index is 13.3. The lowest BCUT2D eigenvalue weighted by atomic mass is 10.1. The maximum Gasteiger partial charge on any atom is 0.263 e. The van der Waals surface area contributed by atoms with Crippen molar-refractivity contribution in [1.82, 2.24) is 9.62 Å². The highest BCUT2D eigenvalue weighted by Crippen LogP contribution is 2.33. The van der Waals surface area contributed by atoms with Gasteiger partial charge in [-0.3, -0.25) is 9.59 Å². The lowest BCUT2D eigenvalue weighted by Gasteiger charge is -2.35. The number of ether oxygens (including phenoxy) is 1. The number of nitrogens with zero attached hydrogens (tertiary/aromatic N) is 2. The smallest absolute Gasteiger partial charge is 0.263 e. The number of para-hydroxylation sites is 2. The first-order valence-corrected chi connectivity index (χ1v) is 12.7. The van der Waals surface area contributed by atoms with Crippen molar-refractivity contribution in [3.05, 3.63) is 89.4 Å². The first kappa shape index (κ1) is 24.7. The Balaban J connectivity index is 1.49. The summed E-state index contributed by atoms with van der Waals surface area (Å²) in [4.78, 5) is 27.5. The summed E-state index contributed by atoms with van der Waals surface area (Å²) < 4.78 is 32.7. The van der Waals surface area contributed by atoms with Crippen LogP contribution in [0.15, 0.2) is 83.8 Å². The highest BCUT2D eigenvalue weighted by molar-refractivity contribution is 7.89. The SMILES string of the molecule is CN(CC(=O)N1C[C@@H](C(=O)NCc2ccccc2)Oc2ccccc21)S(=O)(=O)c1ccc(Cl)cc1. The molecule has 1 N–H and O–H groups in total. The summed E-state index contributed by atoms with van der Waals surface area (Å²) in [5, 5.41) is 3.24. The second kappa shape index (κ2) is 10.5. The number of sulfonamides is 1. The molecule has 0 aromatic heterocycles. The van der Waals surface area contributed by atoms with Crippen LogP contribution in [0.3, 0.4) is 0 Å². The summed E-state index contributed by atoms with van der Waals surface area (Å²) in [6.07, 6.45) is -0.948. The van der Waals surface area contributed by atoms with Gasteiger partial charge in [-0.05, 0) is 42.0 Å². The number of amides is 2. The summed E-state index contributed by atoms with van der Waals surface area (Å²) in [6.45, 7) is -0.153. The van der Waals surface area contributed by atoms with Crippen molar-refractivity contribution in [1.29, 1.82) is 0 Å². The van der Waals surface area contributed by atoms with Gasteiger partial charge in [-0.15, -0.1) is 0 Å². The largest absolute Gasteiger partial charge is 0.477 e. The average molecular weight is 514 g/mol. The molecule has 4 rings (SSSR count). The van der Waals surface area contributed by atoms with Gasteiger partial charge in [0.1, 0.15) is 5.75 Å². The fourth-order valence-electron chi connectivity index (χ4n) is 3.65. The Morgan fingerprint density at radius 1 is 1.03 bits per heavy atom. The Bertz CT molecular complexity index is 1320. The van der Waals surface area contributed by atoms with Crippen LogP contribution < -0.4 is 15.0 Å². The van der Waals surface area contributed by atoms with E-state index in [1.807, 2.05) is 30.3 Å². The third-order valence-corrected chi connectivity index (χ3v) is 7.63. The molecular formula is C25H24ClN3O5S. The Morgan fingerprint density at radius 2 is 1.69 bits per heavy atom. The average Bonchev–Trinajstić information content (AvgIpc) is 2.87. The predicted molar refractivity (Wildman–Crippen MR) is 133 cm³/mol. The molecule has 0 unspecified atom stereocenters. The van der Waals surface area contributed by atoms with E-state index in [2.05, 4.69) is 5.32 Å². The van der Waals surface area contributed by atoms with Gasteiger partial charge in [-0.2, -0.15) is 4.31 Å². The fraction of sp³-hybridized carbons (Fsp3) is 0.200. The van der Waals surface area contributed by atoms with Gasteiger partial charge in [0, 0.05) is 18.6 Å². The third kappa shape index (κ3) is 5.64. The molecule has 2 amide bonds. The van der Waals surface area contributed by atoms with E-state index in [1.165, 1.54) is 36.2 Å². The van der Waals surface area contributed by atoms with Gasteiger partial charge >= 0.3 is 0 Å². The summed E-state index contributed by atoms with van der Waals surface area (Å²) in [5.41, 5.74) is 1.40. The Hall–Kier alpha value is -3.40. The van der Waals surface area contributed by atoms with Crippen LogP contribution in [0.2, 0.25) is 5.02 Å². The molecule has 3 aromatic rings. The van der Waals surface area contributed by atoms with Gasteiger partial charge in [-0.25, -0.2) is 8.42 Å². The molecule has 1 aliphatic rings. The molecule has 1 aliphatic heterocycles. The highest BCUT2D eigenvalue weighted by atomic mass is 35.5. The van der Waals surface area contributed by atoms with Crippen LogP contribution in [0.4, 0.5) is 5.69 Å². The zero-order chi connectivity index (χ0) is 25.0. The van der Waals surface area contributed by atoms with Crippen LogP contribution in [0.1, 0.15) is 5.56 Å². The molecular weight excluding hydrogens is 490 g/mol. The zero-order valence-corrected chi connectivity index (χ0v) is 20.5. The van der Waals surface area contributed by atoms with Crippen LogP contribution in [0.25, 0.3) is 0 Å². The Kier molecular flexibility index (Phi) is 7.39. The van der Waals surface area contributed by atoms with Crippen LogP contribution in [-0.2, 0) is 26.2 Å². The van der Waals surface area contributed by atoms with Gasteiger partial charge in [0.05, 0.1) is 23.7 Å². The van der Waals surface area contributed by atoms with E-state index in [0.717, 1.165) is 9.87 Å². The van der Waals surface area contributed by atoms with Crippen molar-refractivity contribution in [3.8, 4) is 5.75 Å². The van der Waals surface area contributed by atoms with E-state index in [9.17, 15) is 18.0 Å². The van der Waals surface area contributed by atoms with Crippen molar-refractivity contribution < 1.29 is 22.7 Å². The zero-order valence-electron chi connectivity index (χ0n) is 18.9. The molecule has 0 radical (unpaired) electrons. The minimum absolute atomic E-state index is 0.0257. The number of nitrogens with one attached hydrogen (secondary N) is 1. The summed E-state index contributed by atoms with van der Waals surface area (Å²) in [5.74, 6) is -0.486.